The molecule has 2 rings (SSSR count). The van der Waals surface area contributed by atoms with Crippen molar-refractivity contribution in [3.63, 3.8) is 0 Å². The van der Waals surface area contributed by atoms with Crippen LogP contribution in [0.2, 0.25) is 0 Å². The van der Waals surface area contributed by atoms with Gasteiger partial charge in [0.1, 0.15) is 11.8 Å². The standard InChI is InChI=1S/C18H25F2N3O3.ClH/c1-2-9-21-10-11-22-16(24)14-7-5-12-23(14)17(25)13-6-3-4-8-15(13)26-18(19)20;/h3-4,6,8,14,18,21H,2,5,7,9-12H2,1H3,(H,22,24);1H. The van der Waals surface area contributed by atoms with Crippen LogP contribution < -0.4 is 15.4 Å². The molecule has 1 saturated heterocycles. The minimum absolute atomic E-state index is 0. The first-order chi connectivity index (χ1) is 12.5. The molecule has 1 aliphatic heterocycles. The zero-order valence-electron chi connectivity index (χ0n) is 15.2. The molecule has 1 fully saturated rings. The van der Waals surface area contributed by atoms with Crippen molar-refractivity contribution in [3.05, 3.63) is 29.8 Å². The Bertz CT molecular complexity index is 619. The summed E-state index contributed by atoms with van der Waals surface area (Å²) in [6, 6.07) is 5.27. The van der Waals surface area contributed by atoms with Crippen LogP contribution in [0.25, 0.3) is 0 Å². The van der Waals surface area contributed by atoms with E-state index in [4.69, 9.17) is 0 Å². The molecule has 0 spiro atoms. The Labute approximate surface area is 164 Å². The first-order valence-electron chi connectivity index (χ1n) is 8.87. The normalized spacial score (nSPS) is 16.1. The maximum absolute atomic E-state index is 12.8. The number of nitrogens with zero attached hydrogens (tertiary/aromatic N) is 1. The molecule has 152 valence electrons. The van der Waals surface area contributed by atoms with Crippen molar-refractivity contribution in [1.29, 1.82) is 0 Å². The number of carbonyl (C=O) groups excluding carboxylic acids is 2. The number of nitrogens with one attached hydrogen (secondary N) is 2. The fourth-order valence-electron chi connectivity index (χ4n) is 2.97. The monoisotopic (exact) mass is 405 g/mol. The molecule has 0 saturated carbocycles. The maximum Gasteiger partial charge on any atom is 0.387 e. The summed E-state index contributed by atoms with van der Waals surface area (Å²) >= 11 is 0. The highest BCUT2D eigenvalue weighted by Crippen LogP contribution is 2.26. The molecule has 1 aliphatic rings. The summed E-state index contributed by atoms with van der Waals surface area (Å²) in [5.74, 6) is -0.869. The molecule has 1 atom stereocenters. The number of hydrogen-bond acceptors (Lipinski definition) is 4. The van der Waals surface area contributed by atoms with Crippen molar-refractivity contribution in [3.8, 4) is 5.75 Å². The number of carbonyl (C=O) groups is 2. The van der Waals surface area contributed by atoms with E-state index in [1.165, 1.54) is 23.1 Å². The molecular formula is C18H26ClF2N3O3. The quantitative estimate of drug-likeness (QED) is 0.619. The second-order valence-corrected chi connectivity index (χ2v) is 6.07. The minimum atomic E-state index is -3.02. The molecule has 1 aromatic rings. The predicted molar refractivity (Wildman–Crippen MR) is 101 cm³/mol. The van der Waals surface area contributed by atoms with E-state index in [-0.39, 0.29) is 29.6 Å². The Balaban J connectivity index is 0.00000364. The maximum atomic E-state index is 12.8. The van der Waals surface area contributed by atoms with Crippen LogP contribution in [0.15, 0.2) is 24.3 Å². The van der Waals surface area contributed by atoms with Gasteiger partial charge in [0.05, 0.1) is 5.56 Å². The molecule has 0 bridgehead atoms. The number of alkyl halides is 2. The molecule has 2 amide bonds. The number of para-hydroxylation sites is 1. The smallest absolute Gasteiger partial charge is 0.387 e. The number of hydrogen-bond donors (Lipinski definition) is 2. The lowest BCUT2D eigenvalue weighted by Crippen LogP contribution is -2.47. The largest absolute Gasteiger partial charge is 0.434 e. The van der Waals surface area contributed by atoms with Crippen molar-refractivity contribution in [2.24, 2.45) is 0 Å². The number of ether oxygens (including phenoxy) is 1. The van der Waals surface area contributed by atoms with Crippen molar-refractivity contribution >= 4 is 24.2 Å². The summed E-state index contributed by atoms with van der Waals surface area (Å²) in [7, 11) is 0. The van der Waals surface area contributed by atoms with Gasteiger partial charge in [-0.15, -0.1) is 12.4 Å². The molecule has 1 unspecified atom stereocenters. The van der Waals surface area contributed by atoms with Gasteiger partial charge in [0.15, 0.2) is 0 Å². The van der Waals surface area contributed by atoms with Crippen molar-refractivity contribution in [2.75, 3.05) is 26.2 Å². The van der Waals surface area contributed by atoms with Gasteiger partial charge in [-0.3, -0.25) is 9.59 Å². The van der Waals surface area contributed by atoms with Crippen molar-refractivity contribution < 1.29 is 23.1 Å². The molecule has 0 radical (unpaired) electrons. The van der Waals surface area contributed by atoms with Crippen LogP contribution in [0, 0.1) is 0 Å². The summed E-state index contributed by atoms with van der Waals surface area (Å²) in [6.45, 7) is 1.47. The van der Waals surface area contributed by atoms with Gasteiger partial charge in [-0.1, -0.05) is 19.1 Å². The molecule has 1 aromatic carbocycles. The van der Waals surface area contributed by atoms with Gasteiger partial charge in [-0.2, -0.15) is 8.78 Å². The molecule has 1 heterocycles. The lowest BCUT2D eigenvalue weighted by Gasteiger charge is -2.25. The van der Waals surface area contributed by atoms with Crippen LogP contribution >= 0.6 is 12.4 Å². The van der Waals surface area contributed by atoms with E-state index in [9.17, 15) is 18.4 Å². The molecule has 2 N–H and O–H groups in total. The van der Waals surface area contributed by atoms with E-state index in [2.05, 4.69) is 22.3 Å². The van der Waals surface area contributed by atoms with E-state index >= 15 is 0 Å². The zero-order chi connectivity index (χ0) is 18.9. The van der Waals surface area contributed by atoms with Crippen LogP contribution in [0.1, 0.15) is 36.5 Å². The number of benzene rings is 1. The van der Waals surface area contributed by atoms with Gasteiger partial charge in [0, 0.05) is 19.6 Å². The Kier molecular flexibility index (Phi) is 10.0. The first kappa shape index (κ1) is 23.1. The highest BCUT2D eigenvalue weighted by atomic mass is 35.5. The Morgan fingerprint density at radius 1 is 1.26 bits per heavy atom. The fourth-order valence-corrected chi connectivity index (χ4v) is 2.97. The van der Waals surface area contributed by atoms with E-state index in [0.29, 0.717) is 32.5 Å². The van der Waals surface area contributed by atoms with Gasteiger partial charge in [0.2, 0.25) is 5.91 Å². The average molecular weight is 406 g/mol. The van der Waals surface area contributed by atoms with Crippen molar-refractivity contribution in [1.82, 2.24) is 15.5 Å². The zero-order valence-corrected chi connectivity index (χ0v) is 16.1. The third kappa shape index (κ3) is 6.62. The van der Waals surface area contributed by atoms with Gasteiger partial charge < -0.3 is 20.3 Å². The molecular weight excluding hydrogens is 380 g/mol. The molecule has 27 heavy (non-hydrogen) atoms. The van der Waals surface area contributed by atoms with Crippen LogP contribution in [-0.2, 0) is 4.79 Å². The van der Waals surface area contributed by atoms with Crippen LogP contribution in [0.4, 0.5) is 8.78 Å². The van der Waals surface area contributed by atoms with Gasteiger partial charge in [0.25, 0.3) is 5.91 Å². The van der Waals surface area contributed by atoms with E-state index < -0.39 is 18.6 Å². The summed E-state index contributed by atoms with van der Waals surface area (Å²) in [5.41, 5.74) is 0.0390. The summed E-state index contributed by atoms with van der Waals surface area (Å²) in [4.78, 5) is 26.6. The fraction of sp³-hybridized carbons (Fsp3) is 0.556. The number of amides is 2. The summed E-state index contributed by atoms with van der Waals surface area (Å²) < 4.78 is 29.5. The highest BCUT2D eigenvalue weighted by Gasteiger charge is 2.35. The SMILES string of the molecule is CCCNCCNC(=O)C1CCCN1C(=O)c1ccccc1OC(F)F.Cl. The van der Waals surface area contributed by atoms with Gasteiger partial charge in [-0.05, 0) is 37.9 Å². The first-order valence-corrected chi connectivity index (χ1v) is 8.87. The van der Waals surface area contributed by atoms with E-state index in [1.807, 2.05) is 0 Å². The number of rotatable bonds is 9. The minimum Gasteiger partial charge on any atom is -0.434 e. The number of likely N-dealkylation sites (tertiary alicyclic amines) is 1. The second-order valence-electron chi connectivity index (χ2n) is 6.07. The molecule has 6 nitrogen and oxygen atoms in total. The van der Waals surface area contributed by atoms with E-state index in [1.54, 1.807) is 6.07 Å². The number of halogens is 3. The summed E-state index contributed by atoms with van der Waals surface area (Å²) in [5, 5.41) is 6.00. The third-order valence-electron chi connectivity index (χ3n) is 4.18. The molecule has 0 aliphatic carbocycles. The lowest BCUT2D eigenvalue weighted by molar-refractivity contribution is -0.124. The Morgan fingerprint density at radius 3 is 2.70 bits per heavy atom. The van der Waals surface area contributed by atoms with Crippen LogP contribution in [-0.4, -0.2) is 55.5 Å². The lowest BCUT2D eigenvalue weighted by atomic mass is 10.1. The van der Waals surface area contributed by atoms with Gasteiger partial charge in [-0.25, -0.2) is 0 Å². The Morgan fingerprint density at radius 2 is 2.00 bits per heavy atom. The van der Waals surface area contributed by atoms with Gasteiger partial charge >= 0.3 is 6.61 Å². The molecule has 0 aromatic heterocycles. The topological polar surface area (TPSA) is 70.7 Å². The Hall–Kier alpha value is -1.93. The average Bonchev–Trinajstić information content (AvgIpc) is 3.10. The van der Waals surface area contributed by atoms with Crippen molar-refractivity contribution in [2.45, 2.75) is 38.8 Å². The predicted octanol–water partition coefficient (Wildman–Crippen LogP) is 2.43. The summed E-state index contributed by atoms with van der Waals surface area (Å²) in [6.07, 6.45) is 2.26. The van der Waals surface area contributed by atoms with E-state index in [0.717, 1.165) is 13.0 Å². The molecule has 9 heteroatoms. The van der Waals surface area contributed by atoms with Crippen LogP contribution in [0.3, 0.4) is 0 Å². The highest BCUT2D eigenvalue weighted by molar-refractivity contribution is 6.00. The third-order valence-corrected chi connectivity index (χ3v) is 4.18. The second kappa shape index (κ2) is 11.7. The van der Waals surface area contributed by atoms with Crippen LogP contribution in [0.5, 0.6) is 5.75 Å².